The molecule has 3 rings (SSSR count). The van der Waals surface area contributed by atoms with Crippen LogP contribution in [0.5, 0.6) is 0 Å². The average molecular weight is 357 g/mol. The Morgan fingerprint density at radius 1 is 1.05 bits per heavy atom. The Balaban J connectivity index is 1.79. The van der Waals surface area contributed by atoms with Crippen molar-refractivity contribution in [2.45, 2.75) is 0 Å². The van der Waals surface area contributed by atoms with E-state index in [1.165, 1.54) is 11.3 Å². The number of fused-ring (bicyclic) bond motifs is 1. The van der Waals surface area contributed by atoms with Gasteiger partial charge in [-0.3, -0.25) is 5.43 Å². The lowest BCUT2D eigenvalue weighted by atomic mass is 10.2. The Kier molecular flexibility index (Phi) is 4.31. The average Bonchev–Trinajstić information content (AvgIpc) is 2.84. The number of rotatable bonds is 3. The first-order valence-corrected chi connectivity index (χ1v) is 7.87. The molecule has 0 aliphatic carbocycles. The fraction of sp³-hybridized carbons (Fsp3) is 0. The van der Waals surface area contributed by atoms with Gasteiger partial charge >= 0.3 is 0 Å². The van der Waals surface area contributed by atoms with Crippen molar-refractivity contribution >= 4 is 67.7 Å². The number of nitrogens with zero attached hydrogens (tertiary/aromatic N) is 2. The number of anilines is 1. The zero-order valence-corrected chi connectivity index (χ0v) is 13.6. The lowest BCUT2D eigenvalue weighted by molar-refractivity contribution is 1.31. The van der Waals surface area contributed by atoms with Crippen LogP contribution in [0.2, 0.25) is 15.1 Å². The summed E-state index contributed by atoms with van der Waals surface area (Å²) in [5.41, 5.74) is 4.54. The molecule has 0 radical (unpaired) electrons. The maximum Gasteiger partial charge on any atom is 0.204 e. The number of nitrogens with one attached hydrogen (secondary N) is 1. The first-order chi connectivity index (χ1) is 10.1. The van der Waals surface area contributed by atoms with Crippen LogP contribution < -0.4 is 5.43 Å². The summed E-state index contributed by atoms with van der Waals surface area (Å²) in [6.45, 7) is 0. The third kappa shape index (κ3) is 3.47. The van der Waals surface area contributed by atoms with Crippen LogP contribution in [-0.2, 0) is 0 Å². The molecule has 0 unspecified atom stereocenters. The molecule has 0 aliphatic rings. The van der Waals surface area contributed by atoms with Gasteiger partial charge in [-0.15, -0.1) is 0 Å². The molecular weight excluding hydrogens is 349 g/mol. The molecule has 0 fully saturated rings. The molecule has 1 heterocycles. The second kappa shape index (κ2) is 6.20. The lowest BCUT2D eigenvalue weighted by Gasteiger charge is -1.94. The first-order valence-electron chi connectivity index (χ1n) is 5.92. The topological polar surface area (TPSA) is 37.3 Å². The summed E-state index contributed by atoms with van der Waals surface area (Å²) in [7, 11) is 0. The predicted octanol–water partition coefficient (Wildman–Crippen LogP) is 5.70. The monoisotopic (exact) mass is 355 g/mol. The summed E-state index contributed by atoms with van der Waals surface area (Å²) < 4.78 is 0.914. The zero-order chi connectivity index (χ0) is 14.8. The van der Waals surface area contributed by atoms with Gasteiger partial charge in [0.15, 0.2) is 0 Å². The largest absolute Gasteiger partial charge is 0.253 e. The van der Waals surface area contributed by atoms with E-state index in [2.05, 4.69) is 15.5 Å². The van der Waals surface area contributed by atoms with Crippen molar-refractivity contribution in [2.75, 3.05) is 5.43 Å². The van der Waals surface area contributed by atoms with E-state index in [1.807, 2.05) is 30.3 Å². The lowest BCUT2D eigenvalue weighted by Crippen LogP contribution is -1.89. The molecule has 0 atom stereocenters. The molecule has 0 bridgehead atoms. The molecule has 2 aromatic carbocycles. The van der Waals surface area contributed by atoms with Gasteiger partial charge in [-0.2, -0.15) is 5.10 Å². The minimum atomic E-state index is 0.531. The molecule has 21 heavy (non-hydrogen) atoms. The summed E-state index contributed by atoms with van der Waals surface area (Å²) in [5.74, 6) is 0. The van der Waals surface area contributed by atoms with E-state index in [0.717, 1.165) is 15.8 Å². The Bertz CT molecular complexity index is 812. The normalized spacial score (nSPS) is 11.4. The van der Waals surface area contributed by atoms with Crippen LogP contribution in [0.15, 0.2) is 41.5 Å². The summed E-state index contributed by atoms with van der Waals surface area (Å²) >= 11 is 19.3. The Morgan fingerprint density at radius 2 is 1.81 bits per heavy atom. The number of aromatic nitrogens is 1. The van der Waals surface area contributed by atoms with Gasteiger partial charge < -0.3 is 0 Å². The van der Waals surface area contributed by atoms with Crippen molar-refractivity contribution in [3.05, 3.63) is 57.0 Å². The zero-order valence-electron chi connectivity index (χ0n) is 10.5. The van der Waals surface area contributed by atoms with Gasteiger partial charge in [-0.1, -0.05) is 58.3 Å². The standard InChI is InChI=1S/C14H8Cl3N3S/c15-9-3-1-8(2-4-9)7-18-20-14-19-13-11(17)5-10(16)6-12(13)21-14/h1-7H,(H,19,20)/b18-7+. The molecule has 3 aromatic rings. The van der Waals surface area contributed by atoms with Crippen LogP contribution in [0.4, 0.5) is 5.13 Å². The molecule has 1 aromatic heterocycles. The van der Waals surface area contributed by atoms with E-state index in [-0.39, 0.29) is 0 Å². The van der Waals surface area contributed by atoms with E-state index in [9.17, 15) is 0 Å². The fourth-order valence-electron chi connectivity index (χ4n) is 1.72. The summed E-state index contributed by atoms with van der Waals surface area (Å²) in [6.07, 6.45) is 1.69. The minimum Gasteiger partial charge on any atom is -0.253 e. The molecule has 0 saturated heterocycles. The quantitative estimate of drug-likeness (QED) is 0.482. The van der Waals surface area contributed by atoms with Gasteiger partial charge in [0.2, 0.25) is 5.13 Å². The van der Waals surface area contributed by atoms with E-state index < -0.39 is 0 Å². The Labute approximate surface area is 140 Å². The van der Waals surface area contributed by atoms with Crippen LogP contribution in [0.25, 0.3) is 10.2 Å². The van der Waals surface area contributed by atoms with Crippen molar-refractivity contribution in [2.24, 2.45) is 5.10 Å². The SMILES string of the molecule is Clc1ccc(/C=N/Nc2nc3c(Cl)cc(Cl)cc3s2)cc1. The van der Waals surface area contributed by atoms with Gasteiger partial charge in [0.1, 0.15) is 5.52 Å². The molecule has 0 amide bonds. The highest BCUT2D eigenvalue weighted by molar-refractivity contribution is 7.22. The van der Waals surface area contributed by atoms with E-state index >= 15 is 0 Å². The molecule has 106 valence electrons. The number of hydrogen-bond donors (Lipinski definition) is 1. The van der Waals surface area contributed by atoms with Gasteiger partial charge in [-0.05, 0) is 29.8 Å². The predicted molar refractivity (Wildman–Crippen MR) is 92.3 cm³/mol. The molecular formula is C14H8Cl3N3S. The second-order valence-corrected chi connectivity index (χ2v) is 6.49. The molecule has 1 N–H and O–H groups in total. The van der Waals surface area contributed by atoms with Crippen molar-refractivity contribution in [3.8, 4) is 0 Å². The Morgan fingerprint density at radius 3 is 2.57 bits per heavy atom. The molecule has 0 saturated carbocycles. The maximum absolute atomic E-state index is 6.10. The van der Waals surface area contributed by atoms with Gasteiger partial charge in [-0.25, -0.2) is 4.98 Å². The summed E-state index contributed by atoms with van der Waals surface area (Å²) in [6, 6.07) is 10.9. The molecule has 0 spiro atoms. The highest BCUT2D eigenvalue weighted by Crippen LogP contribution is 2.33. The van der Waals surface area contributed by atoms with Crippen LogP contribution in [0.1, 0.15) is 5.56 Å². The number of thiazole rings is 1. The first kappa shape index (κ1) is 14.6. The third-order valence-electron chi connectivity index (χ3n) is 2.66. The highest BCUT2D eigenvalue weighted by Gasteiger charge is 2.08. The number of halogens is 3. The van der Waals surface area contributed by atoms with E-state index in [4.69, 9.17) is 34.8 Å². The van der Waals surface area contributed by atoms with Gasteiger partial charge in [0, 0.05) is 10.0 Å². The summed E-state index contributed by atoms with van der Waals surface area (Å²) in [5, 5.41) is 6.61. The van der Waals surface area contributed by atoms with Crippen LogP contribution in [0.3, 0.4) is 0 Å². The van der Waals surface area contributed by atoms with Crippen molar-refractivity contribution in [1.82, 2.24) is 4.98 Å². The van der Waals surface area contributed by atoms with Gasteiger partial charge in [0.05, 0.1) is 15.9 Å². The Hall–Kier alpha value is -1.33. The summed E-state index contributed by atoms with van der Waals surface area (Å²) in [4.78, 5) is 4.38. The number of hydrazone groups is 1. The highest BCUT2D eigenvalue weighted by atomic mass is 35.5. The van der Waals surface area contributed by atoms with Gasteiger partial charge in [0.25, 0.3) is 0 Å². The van der Waals surface area contributed by atoms with Crippen molar-refractivity contribution in [3.63, 3.8) is 0 Å². The smallest absolute Gasteiger partial charge is 0.204 e. The van der Waals surface area contributed by atoms with E-state index in [1.54, 1.807) is 12.3 Å². The molecule has 0 aliphatic heterocycles. The third-order valence-corrected chi connectivity index (χ3v) is 4.32. The van der Waals surface area contributed by atoms with E-state index in [0.29, 0.717) is 20.2 Å². The molecule has 3 nitrogen and oxygen atoms in total. The van der Waals surface area contributed by atoms with Crippen LogP contribution >= 0.6 is 46.1 Å². The maximum atomic E-state index is 6.10. The number of benzene rings is 2. The molecule has 7 heteroatoms. The minimum absolute atomic E-state index is 0.531. The van der Waals surface area contributed by atoms with Crippen molar-refractivity contribution < 1.29 is 0 Å². The van der Waals surface area contributed by atoms with Crippen molar-refractivity contribution in [1.29, 1.82) is 0 Å². The van der Waals surface area contributed by atoms with Crippen LogP contribution in [-0.4, -0.2) is 11.2 Å². The number of hydrogen-bond acceptors (Lipinski definition) is 4. The fourth-order valence-corrected chi connectivity index (χ4v) is 3.38. The second-order valence-electron chi connectivity index (χ2n) is 4.17. The van der Waals surface area contributed by atoms with Crippen LogP contribution in [0, 0.1) is 0 Å².